The fourth-order valence-electron chi connectivity index (χ4n) is 1.39. The van der Waals surface area contributed by atoms with Crippen LogP contribution in [0.3, 0.4) is 0 Å². The first kappa shape index (κ1) is 11.2. The minimum atomic E-state index is 0.125. The summed E-state index contributed by atoms with van der Waals surface area (Å²) in [6, 6.07) is 10.5. The third-order valence-electron chi connectivity index (χ3n) is 2.58. The van der Waals surface area contributed by atoms with Crippen molar-refractivity contribution in [2.24, 2.45) is 5.73 Å². The quantitative estimate of drug-likeness (QED) is 0.776. The third-order valence-corrected chi connectivity index (χ3v) is 2.58. The summed E-state index contributed by atoms with van der Waals surface area (Å²) >= 11 is 0. The van der Waals surface area contributed by atoms with Crippen LogP contribution in [0.25, 0.3) is 0 Å². The molecule has 0 amide bonds. The molecule has 1 aromatic carbocycles. The van der Waals surface area contributed by atoms with E-state index in [4.69, 9.17) is 10.5 Å². The van der Waals surface area contributed by atoms with Crippen LogP contribution >= 0.6 is 0 Å². The molecule has 14 heavy (non-hydrogen) atoms. The maximum atomic E-state index is 5.95. The minimum absolute atomic E-state index is 0.125. The zero-order valence-corrected chi connectivity index (χ0v) is 8.94. The average molecular weight is 193 g/mol. The summed E-state index contributed by atoms with van der Waals surface area (Å²) in [6.45, 7) is 2.01. The highest BCUT2D eigenvalue weighted by atomic mass is 16.5. The van der Waals surface area contributed by atoms with E-state index >= 15 is 0 Å². The first-order valence-corrected chi connectivity index (χ1v) is 5.06. The summed E-state index contributed by atoms with van der Waals surface area (Å²) in [7, 11) is 1.70. The zero-order chi connectivity index (χ0) is 10.4. The van der Waals surface area contributed by atoms with Crippen molar-refractivity contribution in [1.29, 1.82) is 0 Å². The maximum Gasteiger partial charge on any atom is 0.0694 e. The number of rotatable bonds is 5. The standard InChI is InChI=1S/C12H19NO/c1-10(14-2)12(13)9-8-11-6-4-3-5-7-11/h3-7,10,12H,8-9,13H2,1-2H3. The molecule has 0 aromatic heterocycles. The van der Waals surface area contributed by atoms with E-state index < -0.39 is 0 Å². The molecule has 2 N–H and O–H groups in total. The van der Waals surface area contributed by atoms with Gasteiger partial charge in [0.1, 0.15) is 0 Å². The Morgan fingerprint density at radius 2 is 1.93 bits per heavy atom. The van der Waals surface area contributed by atoms with Crippen molar-refractivity contribution in [3.05, 3.63) is 35.9 Å². The summed E-state index contributed by atoms with van der Waals surface area (Å²) in [4.78, 5) is 0. The molecule has 2 heteroatoms. The molecule has 0 radical (unpaired) electrons. The van der Waals surface area contributed by atoms with Crippen LogP contribution in [0.15, 0.2) is 30.3 Å². The molecule has 1 aromatic rings. The molecule has 0 saturated heterocycles. The predicted octanol–water partition coefficient (Wildman–Crippen LogP) is 1.98. The number of aryl methyl sites for hydroxylation is 1. The van der Waals surface area contributed by atoms with Gasteiger partial charge in [-0.1, -0.05) is 30.3 Å². The van der Waals surface area contributed by atoms with Crippen LogP contribution < -0.4 is 5.73 Å². The molecule has 0 saturated carbocycles. The van der Waals surface area contributed by atoms with Crippen LogP contribution in [0.5, 0.6) is 0 Å². The van der Waals surface area contributed by atoms with Crippen molar-refractivity contribution < 1.29 is 4.74 Å². The lowest BCUT2D eigenvalue weighted by Gasteiger charge is -2.18. The molecule has 1 rings (SSSR count). The van der Waals surface area contributed by atoms with E-state index in [9.17, 15) is 0 Å². The highest BCUT2D eigenvalue weighted by molar-refractivity contribution is 5.14. The van der Waals surface area contributed by atoms with Crippen LogP contribution in [0.1, 0.15) is 18.9 Å². The Hall–Kier alpha value is -0.860. The maximum absolute atomic E-state index is 5.95. The van der Waals surface area contributed by atoms with Gasteiger partial charge >= 0.3 is 0 Å². The monoisotopic (exact) mass is 193 g/mol. The average Bonchev–Trinajstić information content (AvgIpc) is 2.26. The summed E-state index contributed by atoms with van der Waals surface area (Å²) in [5, 5.41) is 0. The molecule has 2 unspecified atom stereocenters. The molecular weight excluding hydrogens is 174 g/mol. The van der Waals surface area contributed by atoms with E-state index in [0.717, 1.165) is 12.8 Å². The summed E-state index contributed by atoms with van der Waals surface area (Å²) < 4.78 is 5.18. The molecule has 78 valence electrons. The molecule has 2 nitrogen and oxygen atoms in total. The Morgan fingerprint density at radius 3 is 2.50 bits per heavy atom. The first-order chi connectivity index (χ1) is 6.74. The SMILES string of the molecule is COC(C)C(N)CCc1ccccc1. The molecule has 0 fully saturated rings. The van der Waals surface area contributed by atoms with Crippen molar-refractivity contribution in [3.8, 4) is 0 Å². The summed E-state index contributed by atoms with van der Waals surface area (Å²) in [6.07, 6.45) is 2.13. The van der Waals surface area contributed by atoms with Gasteiger partial charge < -0.3 is 10.5 Å². The molecular formula is C12H19NO. The van der Waals surface area contributed by atoms with Gasteiger partial charge in [0.2, 0.25) is 0 Å². The van der Waals surface area contributed by atoms with E-state index in [1.54, 1.807) is 7.11 Å². The van der Waals surface area contributed by atoms with Gasteiger partial charge in [0.25, 0.3) is 0 Å². The number of hydrogen-bond donors (Lipinski definition) is 1. The lowest BCUT2D eigenvalue weighted by atomic mass is 10.0. The van der Waals surface area contributed by atoms with E-state index in [1.165, 1.54) is 5.56 Å². The molecule has 0 aliphatic rings. The van der Waals surface area contributed by atoms with Crippen molar-refractivity contribution in [3.63, 3.8) is 0 Å². The normalized spacial score (nSPS) is 15.1. The molecule has 0 bridgehead atoms. The number of nitrogens with two attached hydrogens (primary N) is 1. The van der Waals surface area contributed by atoms with Gasteiger partial charge in [-0.05, 0) is 25.3 Å². The van der Waals surface area contributed by atoms with E-state index in [0.29, 0.717) is 0 Å². The molecule has 0 heterocycles. The van der Waals surface area contributed by atoms with Gasteiger partial charge in [0.15, 0.2) is 0 Å². The Labute approximate surface area is 86.1 Å². The van der Waals surface area contributed by atoms with E-state index in [1.807, 2.05) is 13.0 Å². The smallest absolute Gasteiger partial charge is 0.0694 e. The van der Waals surface area contributed by atoms with E-state index in [2.05, 4.69) is 24.3 Å². The van der Waals surface area contributed by atoms with E-state index in [-0.39, 0.29) is 12.1 Å². The summed E-state index contributed by atoms with van der Waals surface area (Å²) in [5.74, 6) is 0. The van der Waals surface area contributed by atoms with Crippen molar-refractivity contribution in [2.75, 3.05) is 7.11 Å². The fraction of sp³-hybridized carbons (Fsp3) is 0.500. The van der Waals surface area contributed by atoms with Crippen LogP contribution in [0, 0.1) is 0 Å². The number of benzene rings is 1. The summed E-state index contributed by atoms with van der Waals surface area (Å²) in [5.41, 5.74) is 7.29. The molecule has 0 spiro atoms. The second kappa shape index (κ2) is 5.78. The second-order valence-electron chi connectivity index (χ2n) is 3.63. The van der Waals surface area contributed by atoms with Crippen molar-refractivity contribution in [2.45, 2.75) is 31.9 Å². The van der Waals surface area contributed by atoms with Gasteiger partial charge in [-0.3, -0.25) is 0 Å². The number of methoxy groups -OCH3 is 1. The number of hydrogen-bond acceptors (Lipinski definition) is 2. The third kappa shape index (κ3) is 3.48. The van der Waals surface area contributed by atoms with Gasteiger partial charge in [0, 0.05) is 13.2 Å². The zero-order valence-electron chi connectivity index (χ0n) is 8.94. The Balaban J connectivity index is 2.34. The molecule has 2 atom stereocenters. The lowest BCUT2D eigenvalue weighted by Crippen LogP contribution is -2.34. The topological polar surface area (TPSA) is 35.2 Å². The van der Waals surface area contributed by atoms with Crippen LogP contribution in [-0.2, 0) is 11.2 Å². The Morgan fingerprint density at radius 1 is 1.29 bits per heavy atom. The van der Waals surface area contributed by atoms with Gasteiger partial charge in [-0.25, -0.2) is 0 Å². The van der Waals surface area contributed by atoms with Crippen LogP contribution in [-0.4, -0.2) is 19.3 Å². The van der Waals surface area contributed by atoms with Gasteiger partial charge in [0.05, 0.1) is 6.10 Å². The van der Waals surface area contributed by atoms with Crippen LogP contribution in [0.4, 0.5) is 0 Å². The highest BCUT2D eigenvalue weighted by Gasteiger charge is 2.10. The van der Waals surface area contributed by atoms with Gasteiger partial charge in [-0.15, -0.1) is 0 Å². The second-order valence-corrected chi connectivity index (χ2v) is 3.63. The minimum Gasteiger partial charge on any atom is -0.380 e. The van der Waals surface area contributed by atoms with Crippen LogP contribution in [0.2, 0.25) is 0 Å². The highest BCUT2D eigenvalue weighted by Crippen LogP contribution is 2.07. The predicted molar refractivity (Wildman–Crippen MR) is 59.2 cm³/mol. The number of ether oxygens (including phenoxy) is 1. The van der Waals surface area contributed by atoms with Crippen molar-refractivity contribution in [1.82, 2.24) is 0 Å². The van der Waals surface area contributed by atoms with Crippen molar-refractivity contribution >= 4 is 0 Å². The Bertz CT molecular complexity index is 248. The lowest BCUT2D eigenvalue weighted by molar-refractivity contribution is 0.0930. The molecule has 0 aliphatic carbocycles. The first-order valence-electron chi connectivity index (χ1n) is 5.06. The largest absolute Gasteiger partial charge is 0.380 e. The van der Waals surface area contributed by atoms with Gasteiger partial charge in [-0.2, -0.15) is 0 Å². The Kier molecular flexibility index (Phi) is 4.63. The fourth-order valence-corrected chi connectivity index (χ4v) is 1.39. The molecule has 0 aliphatic heterocycles.